The highest BCUT2D eigenvalue weighted by Gasteiger charge is 2.04. The molecule has 0 spiro atoms. The zero-order valence-electron chi connectivity index (χ0n) is 11.3. The van der Waals surface area contributed by atoms with Gasteiger partial charge >= 0.3 is 6.03 Å². The van der Waals surface area contributed by atoms with Crippen molar-refractivity contribution in [2.45, 2.75) is 13.0 Å². The number of halogens is 1. The third-order valence-electron chi connectivity index (χ3n) is 2.99. The maximum absolute atomic E-state index is 13.4. The number of carbonyl (C=O) groups is 1. The van der Waals surface area contributed by atoms with Crippen molar-refractivity contribution in [1.29, 1.82) is 0 Å². The van der Waals surface area contributed by atoms with Crippen LogP contribution in [0.15, 0.2) is 36.5 Å². The second kappa shape index (κ2) is 6.70. The van der Waals surface area contributed by atoms with E-state index >= 15 is 0 Å². The van der Waals surface area contributed by atoms with Gasteiger partial charge in [0.1, 0.15) is 5.82 Å². The molecule has 5 nitrogen and oxygen atoms in total. The highest BCUT2D eigenvalue weighted by atomic mass is 19.1. The van der Waals surface area contributed by atoms with Crippen LogP contribution in [0.4, 0.5) is 9.18 Å². The second-order valence-corrected chi connectivity index (χ2v) is 4.40. The molecule has 0 radical (unpaired) electrons. The Morgan fingerprint density at radius 2 is 2.10 bits per heavy atom. The van der Waals surface area contributed by atoms with Crippen molar-refractivity contribution in [2.75, 3.05) is 6.54 Å². The van der Waals surface area contributed by atoms with E-state index in [0.717, 1.165) is 5.69 Å². The van der Waals surface area contributed by atoms with Crippen molar-refractivity contribution in [3.05, 3.63) is 53.6 Å². The molecular weight excluding hydrogens is 259 g/mol. The van der Waals surface area contributed by atoms with Gasteiger partial charge < -0.3 is 10.6 Å². The summed E-state index contributed by atoms with van der Waals surface area (Å²) in [6, 6.07) is 8.11. The Labute approximate surface area is 116 Å². The fraction of sp³-hybridized carbons (Fsp3) is 0.286. The van der Waals surface area contributed by atoms with Crippen LogP contribution in [0.1, 0.15) is 11.3 Å². The molecule has 0 saturated carbocycles. The van der Waals surface area contributed by atoms with Gasteiger partial charge in [-0.25, -0.2) is 9.18 Å². The van der Waals surface area contributed by atoms with Gasteiger partial charge in [-0.05, 0) is 24.1 Å². The molecule has 1 aromatic carbocycles. The summed E-state index contributed by atoms with van der Waals surface area (Å²) in [7, 11) is 1.81. The molecule has 1 aromatic heterocycles. The molecule has 6 heteroatoms. The number of aryl methyl sites for hydroxylation is 1. The lowest BCUT2D eigenvalue weighted by atomic mass is 10.1. The monoisotopic (exact) mass is 276 g/mol. The fourth-order valence-electron chi connectivity index (χ4n) is 1.82. The van der Waals surface area contributed by atoms with Gasteiger partial charge in [-0.1, -0.05) is 18.2 Å². The van der Waals surface area contributed by atoms with Crippen molar-refractivity contribution >= 4 is 6.03 Å². The van der Waals surface area contributed by atoms with Crippen LogP contribution in [0.3, 0.4) is 0 Å². The van der Waals surface area contributed by atoms with E-state index in [1.54, 1.807) is 29.1 Å². The molecule has 0 bridgehead atoms. The number of urea groups is 1. The average molecular weight is 276 g/mol. The molecule has 0 aliphatic heterocycles. The summed E-state index contributed by atoms with van der Waals surface area (Å²) >= 11 is 0. The Morgan fingerprint density at radius 3 is 2.80 bits per heavy atom. The van der Waals surface area contributed by atoms with Gasteiger partial charge in [0.15, 0.2) is 0 Å². The number of hydrogen-bond acceptors (Lipinski definition) is 2. The first kappa shape index (κ1) is 14.0. The van der Waals surface area contributed by atoms with E-state index in [0.29, 0.717) is 25.1 Å². The number of hydrogen-bond donors (Lipinski definition) is 2. The molecule has 0 aliphatic carbocycles. The minimum Gasteiger partial charge on any atom is -0.338 e. The third-order valence-corrected chi connectivity index (χ3v) is 2.99. The Hall–Kier alpha value is -2.37. The van der Waals surface area contributed by atoms with Crippen molar-refractivity contribution in [1.82, 2.24) is 20.4 Å². The molecule has 2 aromatic rings. The molecule has 106 valence electrons. The molecule has 0 saturated heterocycles. The van der Waals surface area contributed by atoms with Crippen molar-refractivity contribution < 1.29 is 9.18 Å². The lowest BCUT2D eigenvalue weighted by Gasteiger charge is -2.08. The molecule has 2 rings (SSSR count). The summed E-state index contributed by atoms with van der Waals surface area (Å²) in [4.78, 5) is 11.6. The smallest absolute Gasteiger partial charge is 0.315 e. The molecule has 2 amide bonds. The summed E-state index contributed by atoms with van der Waals surface area (Å²) in [6.45, 7) is 0.792. The van der Waals surface area contributed by atoms with E-state index in [-0.39, 0.29) is 11.8 Å². The van der Waals surface area contributed by atoms with Crippen LogP contribution in [0.5, 0.6) is 0 Å². The summed E-state index contributed by atoms with van der Waals surface area (Å²) in [5.41, 5.74) is 1.51. The topological polar surface area (TPSA) is 59.0 Å². The lowest BCUT2D eigenvalue weighted by Crippen LogP contribution is -2.36. The van der Waals surface area contributed by atoms with E-state index in [4.69, 9.17) is 0 Å². The molecule has 0 aliphatic rings. The van der Waals surface area contributed by atoms with Gasteiger partial charge in [-0.2, -0.15) is 5.10 Å². The second-order valence-electron chi connectivity index (χ2n) is 4.40. The van der Waals surface area contributed by atoms with Crippen molar-refractivity contribution in [3.8, 4) is 0 Å². The highest BCUT2D eigenvalue weighted by molar-refractivity contribution is 5.73. The SMILES string of the molecule is Cn1nccc1CNC(=O)NCCc1ccccc1F. The molecule has 0 atom stereocenters. The quantitative estimate of drug-likeness (QED) is 0.871. The number of carbonyl (C=O) groups excluding carboxylic acids is 1. The van der Waals surface area contributed by atoms with Crippen LogP contribution in [0.2, 0.25) is 0 Å². The first-order chi connectivity index (χ1) is 9.66. The van der Waals surface area contributed by atoms with E-state index < -0.39 is 0 Å². The largest absolute Gasteiger partial charge is 0.338 e. The van der Waals surface area contributed by atoms with E-state index in [9.17, 15) is 9.18 Å². The Bertz CT molecular complexity index is 582. The van der Waals surface area contributed by atoms with Crippen LogP contribution in [0, 0.1) is 5.82 Å². The molecule has 2 N–H and O–H groups in total. The van der Waals surface area contributed by atoms with Gasteiger partial charge in [0.2, 0.25) is 0 Å². The van der Waals surface area contributed by atoms with Crippen LogP contribution in [-0.4, -0.2) is 22.4 Å². The summed E-state index contributed by atoms with van der Waals surface area (Å²) in [6.07, 6.45) is 2.14. The minimum atomic E-state index is -0.275. The third kappa shape index (κ3) is 3.81. The molecular formula is C14H17FN4O. The van der Waals surface area contributed by atoms with E-state index in [2.05, 4.69) is 15.7 Å². The number of nitrogens with one attached hydrogen (secondary N) is 2. The summed E-state index contributed by atoms with van der Waals surface area (Å²) in [5, 5.41) is 9.43. The Morgan fingerprint density at radius 1 is 1.30 bits per heavy atom. The molecule has 1 heterocycles. The first-order valence-corrected chi connectivity index (χ1v) is 6.39. The maximum Gasteiger partial charge on any atom is 0.315 e. The van der Waals surface area contributed by atoms with Crippen LogP contribution < -0.4 is 10.6 Å². The standard InChI is InChI=1S/C14H17FN4O/c1-19-12(7-9-18-19)10-17-14(20)16-8-6-11-4-2-3-5-13(11)15/h2-5,7,9H,6,8,10H2,1H3,(H2,16,17,20). The van der Waals surface area contributed by atoms with Gasteiger partial charge in [0.25, 0.3) is 0 Å². The predicted molar refractivity (Wildman–Crippen MR) is 73.6 cm³/mol. The van der Waals surface area contributed by atoms with Gasteiger partial charge in [0, 0.05) is 19.8 Å². The van der Waals surface area contributed by atoms with Crippen molar-refractivity contribution in [2.24, 2.45) is 7.05 Å². The first-order valence-electron chi connectivity index (χ1n) is 6.39. The van der Waals surface area contributed by atoms with Gasteiger partial charge in [-0.15, -0.1) is 0 Å². The molecule has 0 unspecified atom stereocenters. The zero-order chi connectivity index (χ0) is 14.4. The normalized spacial score (nSPS) is 10.3. The Kier molecular flexibility index (Phi) is 4.70. The lowest BCUT2D eigenvalue weighted by molar-refractivity contribution is 0.240. The number of amides is 2. The molecule has 0 fully saturated rings. The van der Waals surface area contributed by atoms with Crippen LogP contribution >= 0.6 is 0 Å². The number of nitrogens with zero attached hydrogens (tertiary/aromatic N) is 2. The molecule has 20 heavy (non-hydrogen) atoms. The number of aromatic nitrogens is 2. The highest BCUT2D eigenvalue weighted by Crippen LogP contribution is 2.06. The van der Waals surface area contributed by atoms with E-state index in [1.807, 2.05) is 13.1 Å². The maximum atomic E-state index is 13.4. The van der Waals surface area contributed by atoms with Crippen LogP contribution in [-0.2, 0) is 20.0 Å². The number of benzene rings is 1. The van der Waals surface area contributed by atoms with Gasteiger partial charge in [0.05, 0.1) is 12.2 Å². The van der Waals surface area contributed by atoms with Crippen LogP contribution in [0.25, 0.3) is 0 Å². The minimum absolute atomic E-state index is 0.246. The Balaban J connectivity index is 1.71. The summed E-state index contributed by atoms with van der Waals surface area (Å²) < 4.78 is 15.0. The fourth-order valence-corrected chi connectivity index (χ4v) is 1.82. The predicted octanol–water partition coefficient (Wildman–Crippen LogP) is 1.60. The summed E-state index contributed by atoms with van der Waals surface area (Å²) in [5.74, 6) is -0.246. The van der Waals surface area contributed by atoms with Gasteiger partial charge in [-0.3, -0.25) is 4.68 Å². The van der Waals surface area contributed by atoms with Crippen molar-refractivity contribution in [3.63, 3.8) is 0 Å². The average Bonchev–Trinajstić information content (AvgIpc) is 2.84. The zero-order valence-corrected chi connectivity index (χ0v) is 11.3. The van der Waals surface area contributed by atoms with E-state index in [1.165, 1.54) is 6.07 Å². The number of rotatable bonds is 5.